The molecule has 0 aromatic heterocycles. The van der Waals surface area contributed by atoms with Crippen molar-refractivity contribution >= 4 is 27.5 Å². The largest absolute Gasteiger partial charge is 0.369 e. The van der Waals surface area contributed by atoms with Gasteiger partial charge >= 0.3 is 0 Å². The van der Waals surface area contributed by atoms with E-state index < -0.39 is 21.8 Å². The van der Waals surface area contributed by atoms with E-state index in [-0.39, 0.29) is 17.3 Å². The van der Waals surface area contributed by atoms with Gasteiger partial charge in [0.2, 0.25) is 21.8 Å². The molecule has 2 heterocycles. The summed E-state index contributed by atoms with van der Waals surface area (Å²) in [7, 11) is -3.74. The topological polar surface area (TPSA) is 101 Å². The Kier molecular flexibility index (Phi) is 4.83. The Balaban J connectivity index is 1.94. The number of hydrogen-bond donors (Lipinski definition) is 1. The van der Waals surface area contributed by atoms with Crippen molar-refractivity contribution in [2.45, 2.75) is 37.5 Å². The molecule has 1 aromatic rings. The number of hydrogen-bond acceptors (Lipinski definition) is 4. The molecular weight excluding hydrogens is 342 g/mol. The van der Waals surface area contributed by atoms with Crippen molar-refractivity contribution in [3.63, 3.8) is 0 Å². The predicted molar refractivity (Wildman–Crippen MR) is 93.4 cm³/mol. The average molecular weight is 365 g/mol. The maximum absolute atomic E-state index is 13.1. The van der Waals surface area contributed by atoms with E-state index in [0.717, 1.165) is 6.42 Å². The number of aryl methyl sites for hydroxylation is 1. The summed E-state index contributed by atoms with van der Waals surface area (Å²) in [6.07, 6.45) is 2.49. The number of nitrogens with two attached hydrogens (primary N) is 1. The fourth-order valence-electron chi connectivity index (χ4n) is 3.49. The number of carbonyl (C=O) groups excluding carboxylic acids is 2. The van der Waals surface area contributed by atoms with E-state index in [2.05, 4.69) is 0 Å². The minimum atomic E-state index is -3.74. The first kappa shape index (κ1) is 17.9. The number of carbonyl (C=O) groups is 2. The van der Waals surface area contributed by atoms with Gasteiger partial charge in [-0.15, -0.1) is 0 Å². The monoisotopic (exact) mass is 365 g/mol. The van der Waals surface area contributed by atoms with Gasteiger partial charge in [0.25, 0.3) is 0 Å². The number of piperidine rings is 1. The Bertz CT molecular complexity index is 806. The number of primary amides is 1. The highest BCUT2D eigenvalue weighted by Crippen LogP contribution is 2.30. The van der Waals surface area contributed by atoms with Gasteiger partial charge in [-0.3, -0.25) is 9.59 Å². The van der Waals surface area contributed by atoms with Crippen LogP contribution in [0.25, 0.3) is 0 Å². The van der Waals surface area contributed by atoms with Crippen LogP contribution in [0.5, 0.6) is 0 Å². The molecule has 3 rings (SSSR count). The minimum absolute atomic E-state index is 0.0129. The van der Waals surface area contributed by atoms with E-state index in [0.29, 0.717) is 43.6 Å². The summed E-state index contributed by atoms with van der Waals surface area (Å²) < 4.78 is 27.5. The van der Waals surface area contributed by atoms with Crippen molar-refractivity contribution in [3.8, 4) is 0 Å². The molecule has 2 aliphatic heterocycles. The van der Waals surface area contributed by atoms with Crippen LogP contribution in [0.15, 0.2) is 23.1 Å². The van der Waals surface area contributed by atoms with E-state index in [1.165, 1.54) is 4.31 Å². The van der Waals surface area contributed by atoms with Crippen LogP contribution in [0.2, 0.25) is 0 Å². The molecule has 2 aliphatic rings. The number of amides is 2. The zero-order valence-corrected chi connectivity index (χ0v) is 15.1. The number of anilines is 1. The lowest BCUT2D eigenvalue weighted by atomic mass is 9.99. The number of nitrogens with zero attached hydrogens (tertiary/aromatic N) is 2. The molecule has 0 unspecified atom stereocenters. The Labute approximate surface area is 147 Å². The third-order valence-electron chi connectivity index (χ3n) is 4.96. The summed E-state index contributed by atoms with van der Waals surface area (Å²) in [6.45, 7) is 2.83. The second-order valence-electron chi connectivity index (χ2n) is 6.70. The van der Waals surface area contributed by atoms with Gasteiger partial charge in [-0.05, 0) is 43.9 Å². The van der Waals surface area contributed by atoms with Gasteiger partial charge < -0.3 is 10.6 Å². The Morgan fingerprint density at radius 1 is 1.24 bits per heavy atom. The molecule has 1 aromatic carbocycles. The standard InChI is InChI=1S/C17H23N3O4S/c1-12-6-7-14(20-9-3-5-16(20)21)10-15(12)25(23,24)19-8-2-4-13(11-19)17(18)22/h6-7,10,13H,2-5,8-9,11H2,1H3,(H2,18,22)/t13-/m1/s1. The molecule has 0 radical (unpaired) electrons. The molecule has 7 nitrogen and oxygen atoms in total. The Hall–Kier alpha value is -1.93. The van der Waals surface area contributed by atoms with Gasteiger partial charge in [0.15, 0.2) is 0 Å². The Morgan fingerprint density at radius 2 is 2.00 bits per heavy atom. The molecule has 0 saturated carbocycles. The fourth-order valence-corrected chi connectivity index (χ4v) is 5.26. The van der Waals surface area contributed by atoms with Crippen molar-refractivity contribution in [3.05, 3.63) is 23.8 Å². The van der Waals surface area contributed by atoms with E-state index in [1.54, 1.807) is 30.0 Å². The molecule has 2 saturated heterocycles. The van der Waals surface area contributed by atoms with Crippen LogP contribution in [0.4, 0.5) is 5.69 Å². The molecule has 136 valence electrons. The van der Waals surface area contributed by atoms with Gasteiger partial charge in [0, 0.05) is 31.7 Å². The lowest BCUT2D eigenvalue weighted by molar-refractivity contribution is -0.122. The summed E-state index contributed by atoms with van der Waals surface area (Å²) in [4.78, 5) is 25.2. The molecule has 0 aliphatic carbocycles. The molecule has 8 heteroatoms. The van der Waals surface area contributed by atoms with Crippen LogP contribution in [0, 0.1) is 12.8 Å². The van der Waals surface area contributed by atoms with Crippen molar-refractivity contribution in [2.75, 3.05) is 24.5 Å². The van der Waals surface area contributed by atoms with Crippen molar-refractivity contribution < 1.29 is 18.0 Å². The molecule has 2 N–H and O–H groups in total. The van der Waals surface area contributed by atoms with Gasteiger partial charge in [-0.2, -0.15) is 4.31 Å². The lowest BCUT2D eigenvalue weighted by Gasteiger charge is -2.31. The number of benzene rings is 1. The van der Waals surface area contributed by atoms with E-state index in [4.69, 9.17) is 5.73 Å². The molecule has 25 heavy (non-hydrogen) atoms. The van der Waals surface area contributed by atoms with Crippen LogP contribution in [-0.4, -0.2) is 44.2 Å². The molecule has 2 fully saturated rings. The first-order valence-corrected chi connectivity index (χ1v) is 9.95. The number of rotatable bonds is 4. The van der Waals surface area contributed by atoms with Crippen molar-refractivity contribution in [1.29, 1.82) is 0 Å². The van der Waals surface area contributed by atoms with Gasteiger partial charge in [0.1, 0.15) is 0 Å². The minimum Gasteiger partial charge on any atom is -0.369 e. The smallest absolute Gasteiger partial charge is 0.243 e. The van der Waals surface area contributed by atoms with Gasteiger partial charge in [-0.25, -0.2) is 8.42 Å². The summed E-state index contributed by atoms with van der Waals surface area (Å²) in [5.74, 6) is -0.904. The predicted octanol–water partition coefficient (Wildman–Crippen LogP) is 1.01. The fraction of sp³-hybridized carbons (Fsp3) is 0.529. The summed E-state index contributed by atoms with van der Waals surface area (Å²) in [5.41, 5.74) is 6.59. The highest BCUT2D eigenvalue weighted by molar-refractivity contribution is 7.89. The van der Waals surface area contributed by atoms with Crippen LogP contribution in [-0.2, 0) is 19.6 Å². The highest BCUT2D eigenvalue weighted by atomic mass is 32.2. The lowest BCUT2D eigenvalue weighted by Crippen LogP contribution is -2.44. The van der Waals surface area contributed by atoms with Crippen LogP contribution in [0.3, 0.4) is 0 Å². The third kappa shape index (κ3) is 3.41. The molecular formula is C17H23N3O4S. The molecule has 1 atom stereocenters. The van der Waals surface area contributed by atoms with Crippen LogP contribution in [0.1, 0.15) is 31.2 Å². The summed E-state index contributed by atoms with van der Waals surface area (Å²) in [5, 5.41) is 0. The first-order valence-electron chi connectivity index (χ1n) is 8.51. The highest BCUT2D eigenvalue weighted by Gasteiger charge is 2.34. The Morgan fingerprint density at radius 3 is 2.64 bits per heavy atom. The van der Waals surface area contributed by atoms with Crippen molar-refractivity contribution in [1.82, 2.24) is 4.31 Å². The van der Waals surface area contributed by atoms with Crippen LogP contribution < -0.4 is 10.6 Å². The van der Waals surface area contributed by atoms with Gasteiger partial charge in [0.05, 0.1) is 10.8 Å². The number of sulfonamides is 1. The zero-order chi connectivity index (χ0) is 18.2. The van der Waals surface area contributed by atoms with E-state index >= 15 is 0 Å². The normalized spacial score (nSPS) is 22.4. The third-order valence-corrected chi connectivity index (χ3v) is 6.97. The first-order chi connectivity index (χ1) is 11.8. The van der Waals surface area contributed by atoms with Gasteiger partial charge in [-0.1, -0.05) is 6.07 Å². The molecule has 2 amide bonds. The maximum Gasteiger partial charge on any atom is 0.243 e. The SMILES string of the molecule is Cc1ccc(N2CCCC2=O)cc1S(=O)(=O)N1CCC[C@@H](C(N)=O)C1. The molecule has 0 spiro atoms. The molecule has 0 bridgehead atoms. The second kappa shape index (κ2) is 6.76. The summed E-state index contributed by atoms with van der Waals surface area (Å²) >= 11 is 0. The van der Waals surface area contributed by atoms with E-state index in [1.807, 2.05) is 0 Å². The average Bonchev–Trinajstić information content (AvgIpc) is 3.01. The van der Waals surface area contributed by atoms with Crippen LogP contribution >= 0.6 is 0 Å². The summed E-state index contributed by atoms with van der Waals surface area (Å²) in [6, 6.07) is 5.07. The quantitative estimate of drug-likeness (QED) is 0.860. The second-order valence-corrected chi connectivity index (χ2v) is 8.61. The zero-order valence-electron chi connectivity index (χ0n) is 14.3. The maximum atomic E-state index is 13.1. The van der Waals surface area contributed by atoms with Crippen molar-refractivity contribution in [2.24, 2.45) is 11.7 Å². The van der Waals surface area contributed by atoms with E-state index in [9.17, 15) is 18.0 Å².